The van der Waals surface area contributed by atoms with E-state index in [0.717, 1.165) is 15.7 Å². The Morgan fingerprint density at radius 2 is 1.79 bits per heavy atom. The molecule has 2 N–H and O–H groups in total. The number of nitrogens with one attached hydrogen (secondary N) is 2. The fourth-order valence-electron chi connectivity index (χ4n) is 1.51. The molecule has 0 saturated carbocycles. The summed E-state index contributed by atoms with van der Waals surface area (Å²) in [4.78, 5) is 11.8. The molecule has 0 unspecified atom stereocenters. The topological polar surface area (TPSA) is 41.1 Å². The Balaban J connectivity index is 2.05. The molecule has 2 aromatic carbocycles. The largest absolute Gasteiger partial charge is 0.323 e. The van der Waals surface area contributed by atoms with Gasteiger partial charge in [0.05, 0.1) is 10.7 Å². The van der Waals surface area contributed by atoms with Crippen molar-refractivity contribution >= 4 is 44.9 Å². The number of rotatable bonds is 2. The van der Waals surface area contributed by atoms with Crippen molar-refractivity contribution in [3.05, 3.63) is 57.5 Å². The maximum absolute atomic E-state index is 11.8. The molecule has 0 spiro atoms. The summed E-state index contributed by atoms with van der Waals surface area (Å²) in [6, 6.07) is 12.5. The second kappa shape index (κ2) is 6.08. The van der Waals surface area contributed by atoms with Gasteiger partial charge < -0.3 is 10.6 Å². The van der Waals surface area contributed by atoms with Gasteiger partial charge in [-0.05, 0) is 37.3 Å². The van der Waals surface area contributed by atoms with E-state index in [-0.39, 0.29) is 6.03 Å². The van der Waals surface area contributed by atoms with Gasteiger partial charge in [-0.3, -0.25) is 0 Å². The SMILES string of the molecule is Cc1ccc(NC(=O)Nc2cc(Br)ccc2Cl)cc1. The van der Waals surface area contributed by atoms with Crippen molar-refractivity contribution in [3.8, 4) is 0 Å². The van der Waals surface area contributed by atoms with Gasteiger partial charge in [-0.25, -0.2) is 4.79 Å². The first-order chi connectivity index (χ1) is 9.04. The van der Waals surface area contributed by atoms with Crippen LogP contribution in [0.3, 0.4) is 0 Å². The molecule has 3 nitrogen and oxygen atoms in total. The lowest BCUT2D eigenvalue weighted by Gasteiger charge is -2.09. The first-order valence-electron chi connectivity index (χ1n) is 5.64. The maximum Gasteiger partial charge on any atom is 0.323 e. The van der Waals surface area contributed by atoms with Crippen LogP contribution in [0.2, 0.25) is 5.02 Å². The lowest BCUT2D eigenvalue weighted by Crippen LogP contribution is -2.19. The number of urea groups is 1. The minimum Gasteiger partial charge on any atom is -0.308 e. The fraction of sp³-hybridized carbons (Fsp3) is 0.0714. The number of halogens is 2. The van der Waals surface area contributed by atoms with Crippen molar-refractivity contribution in [1.82, 2.24) is 0 Å². The summed E-state index contributed by atoms with van der Waals surface area (Å²) in [6.45, 7) is 1.99. The molecular weight excluding hydrogens is 328 g/mol. The van der Waals surface area contributed by atoms with Gasteiger partial charge in [-0.2, -0.15) is 0 Å². The van der Waals surface area contributed by atoms with Crippen molar-refractivity contribution in [2.45, 2.75) is 6.92 Å². The first-order valence-corrected chi connectivity index (χ1v) is 6.81. The number of hydrogen-bond donors (Lipinski definition) is 2. The van der Waals surface area contributed by atoms with Gasteiger partial charge in [0.1, 0.15) is 0 Å². The number of anilines is 2. The molecule has 0 aliphatic carbocycles. The van der Waals surface area contributed by atoms with Crippen molar-refractivity contribution in [2.24, 2.45) is 0 Å². The molecule has 2 aromatic rings. The lowest BCUT2D eigenvalue weighted by atomic mass is 10.2. The molecule has 5 heteroatoms. The maximum atomic E-state index is 11.8. The third-order valence-electron chi connectivity index (χ3n) is 2.49. The van der Waals surface area contributed by atoms with E-state index >= 15 is 0 Å². The minimum absolute atomic E-state index is 0.330. The van der Waals surface area contributed by atoms with Gasteiger partial charge in [-0.15, -0.1) is 0 Å². The third kappa shape index (κ3) is 3.98. The highest BCUT2D eigenvalue weighted by Gasteiger charge is 2.06. The number of benzene rings is 2. The van der Waals surface area contributed by atoms with Crippen molar-refractivity contribution in [2.75, 3.05) is 10.6 Å². The number of amides is 2. The third-order valence-corrected chi connectivity index (χ3v) is 3.31. The quantitative estimate of drug-likeness (QED) is 0.789. The zero-order valence-corrected chi connectivity index (χ0v) is 12.5. The normalized spacial score (nSPS) is 10.1. The van der Waals surface area contributed by atoms with Crippen LogP contribution >= 0.6 is 27.5 Å². The number of aryl methyl sites for hydroxylation is 1. The molecule has 0 radical (unpaired) electrons. The Kier molecular flexibility index (Phi) is 4.45. The molecule has 2 amide bonds. The van der Waals surface area contributed by atoms with E-state index in [1.54, 1.807) is 12.1 Å². The van der Waals surface area contributed by atoms with Crippen LogP contribution < -0.4 is 10.6 Å². The number of hydrogen-bond acceptors (Lipinski definition) is 1. The summed E-state index contributed by atoms with van der Waals surface area (Å²) in [5, 5.41) is 5.93. The molecule has 0 bridgehead atoms. The smallest absolute Gasteiger partial charge is 0.308 e. The standard InChI is InChI=1S/C14H12BrClN2O/c1-9-2-5-11(6-3-9)17-14(19)18-13-8-10(15)4-7-12(13)16/h2-8H,1H3,(H2,17,18,19). The zero-order valence-electron chi connectivity index (χ0n) is 10.2. The lowest BCUT2D eigenvalue weighted by molar-refractivity contribution is 0.262. The van der Waals surface area contributed by atoms with Crippen molar-refractivity contribution < 1.29 is 4.79 Å². The predicted molar refractivity (Wildman–Crippen MR) is 83.0 cm³/mol. The van der Waals surface area contributed by atoms with E-state index in [1.807, 2.05) is 37.3 Å². The van der Waals surface area contributed by atoms with Gasteiger partial charge in [0.25, 0.3) is 0 Å². The summed E-state index contributed by atoms with van der Waals surface area (Å²) in [5.41, 5.74) is 2.43. The molecule has 98 valence electrons. The van der Waals surface area contributed by atoms with Crippen LogP contribution in [0.15, 0.2) is 46.9 Å². The average molecular weight is 340 g/mol. The van der Waals surface area contributed by atoms with Crippen LogP contribution in [0.4, 0.5) is 16.2 Å². The Morgan fingerprint density at radius 3 is 2.47 bits per heavy atom. The summed E-state index contributed by atoms with van der Waals surface area (Å²) in [6.07, 6.45) is 0. The Hall–Kier alpha value is -1.52. The van der Waals surface area contributed by atoms with Crippen LogP contribution in [-0.2, 0) is 0 Å². The van der Waals surface area contributed by atoms with Crippen LogP contribution in [0.25, 0.3) is 0 Å². The first kappa shape index (κ1) is 13.9. The van der Waals surface area contributed by atoms with E-state index in [4.69, 9.17) is 11.6 Å². The molecule has 19 heavy (non-hydrogen) atoms. The summed E-state index contributed by atoms with van der Waals surface area (Å²) >= 11 is 9.33. The second-order valence-electron chi connectivity index (χ2n) is 4.07. The molecule has 0 aliphatic heterocycles. The van der Waals surface area contributed by atoms with Gasteiger partial charge in [0.2, 0.25) is 0 Å². The highest BCUT2D eigenvalue weighted by Crippen LogP contribution is 2.25. The van der Waals surface area contributed by atoms with Gasteiger partial charge in [0, 0.05) is 10.2 Å². The Morgan fingerprint density at radius 1 is 1.11 bits per heavy atom. The van der Waals surface area contributed by atoms with E-state index in [9.17, 15) is 4.79 Å². The van der Waals surface area contributed by atoms with Crippen LogP contribution in [0, 0.1) is 6.92 Å². The van der Waals surface area contributed by atoms with Crippen LogP contribution in [-0.4, -0.2) is 6.03 Å². The summed E-state index contributed by atoms with van der Waals surface area (Å²) < 4.78 is 0.850. The van der Waals surface area contributed by atoms with Crippen molar-refractivity contribution in [1.29, 1.82) is 0 Å². The summed E-state index contributed by atoms with van der Waals surface area (Å²) in [5.74, 6) is 0. The predicted octanol–water partition coefficient (Wildman–Crippen LogP) is 5.05. The molecule has 2 rings (SSSR count). The van der Waals surface area contributed by atoms with Crippen LogP contribution in [0.5, 0.6) is 0 Å². The Labute approximate surface area is 125 Å². The highest BCUT2D eigenvalue weighted by atomic mass is 79.9. The molecule has 0 heterocycles. The number of carbonyl (C=O) groups excluding carboxylic acids is 1. The van der Waals surface area contributed by atoms with E-state index < -0.39 is 0 Å². The summed E-state index contributed by atoms with van der Waals surface area (Å²) in [7, 11) is 0. The van der Waals surface area contributed by atoms with Crippen LogP contribution in [0.1, 0.15) is 5.56 Å². The monoisotopic (exact) mass is 338 g/mol. The molecule has 0 saturated heterocycles. The highest BCUT2D eigenvalue weighted by molar-refractivity contribution is 9.10. The molecule has 0 fully saturated rings. The molecule has 0 atom stereocenters. The minimum atomic E-state index is -0.330. The van der Waals surface area contributed by atoms with Crippen molar-refractivity contribution in [3.63, 3.8) is 0 Å². The fourth-order valence-corrected chi connectivity index (χ4v) is 2.04. The van der Waals surface area contributed by atoms with E-state index in [1.165, 1.54) is 0 Å². The van der Waals surface area contributed by atoms with Gasteiger partial charge in [0.15, 0.2) is 0 Å². The Bertz CT molecular complexity index is 599. The second-order valence-corrected chi connectivity index (χ2v) is 5.39. The molecular formula is C14H12BrClN2O. The molecule has 0 aliphatic rings. The van der Waals surface area contributed by atoms with E-state index in [2.05, 4.69) is 26.6 Å². The van der Waals surface area contributed by atoms with Gasteiger partial charge >= 0.3 is 6.03 Å². The van der Waals surface area contributed by atoms with E-state index in [0.29, 0.717) is 10.7 Å². The molecule has 0 aromatic heterocycles. The van der Waals surface area contributed by atoms with Gasteiger partial charge in [-0.1, -0.05) is 45.2 Å². The zero-order chi connectivity index (χ0) is 13.8. The number of carbonyl (C=O) groups is 1. The average Bonchev–Trinajstić information content (AvgIpc) is 2.37.